The highest BCUT2D eigenvalue weighted by molar-refractivity contribution is 5.98. The highest BCUT2D eigenvalue weighted by atomic mass is 19.4. The minimum absolute atomic E-state index is 0.0376. The SMILES string of the molecule is C=CC(=O)Nc1cccc(Cc2nc(Nc3ccc(N4CCN(C(C)=O)CC4)cc3OC)ncc2C(F)(F)F)n1. The molecule has 3 aromatic rings. The molecule has 0 unspecified atom stereocenters. The van der Waals surface area contributed by atoms with Crippen LogP contribution in [-0.4, -0.2) is 65.0 Å². The summed E-state index contributed by atoms with van der Waals surface area (Å²) in [7, 11) is 1.49. The van der Waals surface area contributed by atoms with Crippen molar-refractivity contribution >= 4 is 35.0 Å². The van der Waals surface area contributed by atoms with E-state index < -0.39 is 17.6 Å². The largest absolute Gasteiger partial charge is 0.494 e. The Labute approximate surface area is 228 Å². The zero-order valence-electron chi connectivity index (χ0n) is 22.0. The number of carbonyl (C=O) groups excluding carboxylic acids is 2. The van der Waals surface area contributed by atoms with Gasteiger partial charge in [-0.2, -0.15) is 13.2 Å². The molecule has 0 atom stereocenters. The second kappa shape index (κ2) is 12.0. The number of carbonyl (C=O) groups is 2. The van der Waals surface area contributed by atoms with E-state index >= 15 is 0 Å². The molecule has 1 aliphatic rings. The third kappa shape index (κ3) is 6.84. The molecule has 3 heterocycles. The normalized spacial score (nSPS) is 13.5. The van der Waals surface area contributed by atoms with Crippen molar-refractivity contribution in [1.82, 2.24) is 19.9 Å². The van der Waals surface area contributed by atoms with Crippen LogP contribution in [0.5, 0.6) is 5.75 Å². The predicted octanol–water partition coefficient (Wildman–Crippen LogP) is 4.03. The van der Waals surface area contributed by atoms with Gasteiger partial charge in [-0.25, -0.2) is 15.0 Å². The molecule has 1 aromatic carbocycles. The highest BCUT2D eigenvalue weighted by Crippen LogP contribution is 2.34. The summed E-state index contributed by atoms with van der Waals surface area (Å²) in [5.41, 5.74) is 0.334. The summed E-state index contributed by atoms with van der Waals surface area (Å²) in [5, 5.41) is 5.44. The number of nitrogens with zero attached hydrogens (tertiary/aromatic N) is 5. The number of ether oxygens (including phenoxy) is 1. The van der Waals surface area contributed by atoms with Gasteiger partial charge < -0.3 is 25.2 Å². The summed E-state index contributed by atoms with van der Waals surface area (Å²) in [6.07, 6.45) is -3.16. The van der Waals surface area contributed by atoms with Crippen LogP contribution in [0.2, 0.25) is 0 Å². The second-order valence-electron chi connectivity index (χ2n) is 8.94. The Balaban J connectivity index is 1.57. The molecule has 2 amide bonds. The Morgan fingerprint density at radius 3 is 2.52 bits per heavy atom. The molecule has 1 aliphatic heterocycles. The Morgan fingerprint density at radius 2 is 1.88 bits per heavy atom. The van der Waals surface area contributed by atoms with E-state index in [2.05, 4.69) is 37.1 Å². The maximum absolute atomic E-state index is 13.8. The first kappa shape index (κ1) is 28.3. The lowest BCUT2D eigenvalue weighted by Crippen LogP contribution is -2.48. The summed E-state index contributed by atoms with van der Waals surface area (Å²) in [6, 6.07) is 10.0. The van der Waals surface area contributed by atoms with E-state index in [1.54, 1.807) is 24.0 Å². The number of halogens is 3. The van der Waals surface area contributed by atoms with Crippen molar-refractivity contribution in [3.05, 3.63) is 72.2 Å². The van der Waals surface area contributed by atoms with Gasteiger partial charge in [0.2, 0.25) is 17.8 Å². The van der Waals surface area contributed by atoms with E-state index in [1.165, 1.54) is 19.2 Å². The van der Waals surface area contributed by atoms with Crippen LogP contribution in [0.3, 0.4) is 0 Å². The first-order valence-electron chi connectivity index (χ1n) is 12.4. The van der Waals surface area contributed by atoms with Crippen molar-refractivity contribution < 1.29 is 27.5 Å². The lowest BCUT2D eigenvalue weighted by Gasteiger charge is -2.35. The molecule has 2 N–H and O–H groups in total. The van der Waals surface area contributed by atoms with E-state index in [9.17, 15) is 22.8 Å². The predicted molar refractivity (Wildman–Crippen MR) is 144 cm³/mol. The Kier molecular flexibility index (Phi) is 8.51. The van der Waals surface area contributed by atoms with Crippen LogP contribution >= 0.6 is 0 Å². The van der Waals surface area contributed by atoms with Crippen LogP contribution in [0.4, 0.5) is 36.3 Å². The molecular formula is C27H28F3N7O3. The van der Waals surface area contributed by atoms with Crippen LogP contribution in [0.25, 0.3) is 0 Å². The molecule has 4 rings (SSSR count). The van der Waals surface area contributed by atoms with E-state index in [1.807, 2.05) is 12.1 Å². The first-order valence-corrected chi connectivity index (χ1v) is 12.4. The van der Waals surface area contributed by atoms with Gasteiger partial charge in [-0.15, -0.1) is 0 Å². The fraction of sp³-hybridized carbons (Fsp3) is 0.296. The molecule has 0 spiro atoms. The van der Waals surface area contributed by atoms with Crippen molar-refractivity contribution in [2.45, 2.75) is 19.5 Å². The zero-order chi connectivity index (χ0) is 28.9. The maximum atomic E-state index is 13.8. The molecule has 1 saturated heterocycles. The molecule has 40 heavy (non-hydrogen) atoms. The average molecular weight is 556 g/mol. The van der Waals surface area contributed by atoms with Crippen molar-refractivity contribution in [2.75, 3.05) is 48.8 Å². The van der Waals surface area contributed by atoms with E-state index in [-0.39, 0.29) is 35.5 Å². The molecule has 0 saturated carbocycles. The number of aromatic nitrogens is 3. The Morgan fingerprint density at radius 1 is 1.12 bits per heavy atom. The molecule has 0 radical (unpaired) electrons. The highest BCUT2D eigenvalue weighted by Gasteiger charge is 2.35. The second-order valence-corrected chi connectivity index (χ2v) is 8.94. The number of benzene rings is 1. The van der Waals surface area contributed by atoms with Gasteiger partial charge in [0.1, 0.15) is 11.6 Å². The van der Waals surface area contributed by atoms with Crippen LogP contribution in [-0.2, 0) is 22.2 Å². The molecular weight excluding hydrogens is 527 g/mol. The topological polar surface area (TPSA) is 113 Å². The van der Waals surface area contributed by atoms with Gasteiger partial charge in [-0.05, 0) is 30.3 Å². The number of nitrogens with one attached hydrogen (secondary N) is 2. The maximum Gasteiger partial charge on any atom is 0.419 e. The van der Waals surface area contributed by atoms with Gasteiger partial charge in [0.05, 0.1) is 24.1 Å². The van der Waals surface area contributed by atoms with Gasteiger partial charge in [0, 0.05) is 63.2 Å². The summed E-state index contributed by atoms with van der Waals surface area (Å²) in [6.45, 7) is 7.45. The summed E-state index contributed by atoms with van der Waals surface area (Å²) in [5.74, 6) is 0.114. The van der Waals surface area contributed by atoms with Crippen LogP contribution in [0.1, 0.15) is 23.9 Å². The molecule has 10 nitrogen and oxygen atoms in total. The number of rotatable bonds is 8. The number of methoxy groups -OCH3 is 1. The van der Waals surface area contributed by atoms with Crippen molar-refractivity contribution in [3.63, 3.8) is 0 Å². The molecule has 13 heteroatoms. The zero-order valence-corrected chi connectivity index (χ0v) is 22.0. The molecule has 210 valence electrons. The van der Waals surface area contributed by atoms with Crippen LogP contribution in [0.15, 0.2) is 55.3 Å². The molecule has 0 bridgehead atoms. The first-order chi connectivity index (χ1) is 19.1. The van der Waals surface area contributed by atoms with Crippen LogP contribution < -0.4 is 20.3 Å². The van der Waals surface area contributed by atoms with Gasteiger partial charge in [0.25, 0.3) is 0 Å². The number of hydrogen-bond donors (Lipinski definition) is 2. The minimum Gasteiger partial charge on any atom is -0.494 e. The summed E-state index contributed by atoms with van der Waals surface area (Å²) < 4.78 is 46.9. The number of alkyl halides is 3. The number of hydrogen-bond acceptors (Lipinski definition) is 8. The Bertz CT molecular complexity index is 1410. The van der Waals surface area contributed by atoms with Crippen molar-refractivity contribution in [2.24, 2.45) is 0 Å². The van der Waals surface area contributed by atoms with Gasteiger partial charge in [-0.3, -0.25) is 9.59 Å². The summed E-state index contributed by atoms with van der Waals surface area (Å²) >= 11 is 0. The van der Waals surface area contributed by atoms with Crippen molar-refractivity contribution in [1.29, 1.82) is 0 Å². The van der Waals surface area contributed by atoms with Gasteiger partial charge >= 0.3 is 6.18 Å². The van der Waals surface area contributed by atoms with E-state index in [4.69, 9.17) is 4.74 Å². The average Bonchev–Trinajstić information content (AvgIpc) is 2.93. The lowest BCUT2D eigenvalue weighted by atomic mass is 10.1. The number of pyridine rings is 1. The van der Waals surface area contributed by atoms with Gasteiger partial charge in [0.15, 0.2) is 0 Å². The lowest BCUT2D eigenvalue weighted by molar-refractivity contribution is -0.138. The third-order valence-electron chi connectivity index (χ3n) is 6.29. The Hall–Kier alpha value is -4.68. The molecule has 0 aliphatic carbocycles. The summed E-state index contributed by atoms with van der Waals surface area (Å²) in [4.78, 5) is 39.4. The standard InChI is InChI=1S/C27H28F3N7O3/c1-4-25(39)35-24-7-5-6-18(32-24)14-22-20(27(28,29)30)16-31-26(34-22)33-21-9-8-19(15-23(21)40-3)37-12-10-36(11-13-37)17(2)38/h4-9,15-16H,1,10-14H2,2-3H3,(H,31,33,34)(H,32,35,39). The van der Waals surface area contributed by atoms with E-state index in [0.717, 1.165) is 18.0 Å². The molecule has 2 aromatic heterocycles. The minimum atomic E-state index is -4.69. The quantitative estimate of drug-likeness (QED) is 0.401. The fourth-order valence-corrected chi connectivity index (χ4v) is 4.23. The van der Waals surface area contributed by atoms with Crippen molar-refractivity contribution in [3.8, 4) is 5.75 Å². The van der Waals surface area contributed by atoms with Gasteiger partial charge in [-0.1, -0.05) is 12.6 Å². The monoisotopic (exact) mass is 555 g/mol. The fourth-order valence-electron chi connectivity index (χ4n) is 4.23. The number of anilines is 4. The number of piperazine rings is 1. The third-order valence-corrected chi connectivity index (χ3v) is 6.29. The smallest absolute Gasteiger partial charge is 0.419 e. The van der Waals surface area contributed by atoms with E-state index in [0.29, 0.717) is 37.6 Å². The van der Waals surface area contributed by atoms with Crippen LogP contribution in [0, 0.1) is 0 Å². The number of amides is 2. The molecule has 1 fully saturated rings.